The van der Waals surface area contributed by atoms with Crippen molar-refractivity contribution in [2.75, 3.05) is 5.73 Å². The number of amides is 1. The first kappa shape index (κ1) is 12.7. The standard InChI is InChI=1S/C17H18N2O/c1-11(13-7-4-5-9-16(13)18)19-17(20)15-10-12-6-2-3-8-14(12)15/h2-9,11,15H,10,18H2,1H3,(H,19,20). The molecule has 3 nitrogen and oxygen atoms in total. The number of rotatable bonds is 3. The molecule has 3 heteroatoms. The molecule has 0 aromatic heterocycles. The van der Waals surface area contributed by atoms with E-state index >= 15 is 0 Å². The second kappa shape index (κ2) is 5.00. The van der Waals surface area contributed by atoms with Crippen LogP contribution in [-0.2, 0) is 11.2 Å². The maximum absolute atomic E-state index is 12.3. The molecule has 2 aromatic carbocycles. The van der Waals surface area contributed by atoms with Crippen molar-refractivity contribution in [3.05, 3.63) is 65.2 Å². The molecule has 20 heavy (non-hydrogen) atoms. The fourth-order valence-electron chi connectivity index (χ4n) is 2.79. The average molecular weight is 266 g/mol. The van der Waals surface area contributed by atoms with Crippen LogP contribution in [0.25, 0.3) is 0 Å². The molecule has 2 aromatic rings. The Morgan fingerprint density at radius 2 is 1.90 bits per heavy atom. The lowest BCUT2D eigenvalue weighted by Gasteiger charge is -2.30. The van der Waals surface area contributed by atoms with Gasteiger partial charge in [0.2, 0.25) is 5.91 Å². The van der Waals surface area contributed by atoms with Gasteiger partial charge in [-0.15, -0.1) is 0 Å². The van der Waals surface area contributed by atoms with E-state index in [1.54, 1.807) is 0 Å². The lowest BCUT2D eigenvalue weighted by Crippen LogP contribution is -2.37. The highest BCUT2D eigenvalue weighted by Gasteiger charge is 2.32. The minimum absolute atomic E-state index is 0.0152. The Balaban J connectivity index is 1.71. The molecule has 2 atom stereocenters. The Labute approximate surface area is 118 Å². The van der Waals surface area contributed by atoms with E-state index in [2.05, 4.69) is 11.4 Å². The highest BCUT2D eigenvalue weighted by Crippen LogP contribution is 2.35. The van der Waals surface area contributed by atoms with Gasteiger partial charge in [-0.05, 0) is 36.1 Å². The zero-order valence-electron chi connectivity index (χ0n) is 11.5. The molecule has 2 unspecified atom stereocenters. The van der Waals surface area contributed by atoms with Crippen LogP contribution in [0.15, 0.2) is 48.5 Å². The largest absolute Gasteiger partial charge is 0.398 e. The number of para-hydroxylation sites is 1. The van der Waals surface area contributed by atoms with Crippen LogP contribution in [0.4, 0.5) is 5.69 Å². The first-order chi connectivity index (χ1) is 9.66. The molecule has 0 aliphatic heterocycles. The van der Waals surface area contributed by atoms with Gasteiger partial charge in [0.15, 0.2) is 0 Å². The third kappa shape index (κ3) is 2.16. The van der Waals surface area contributed by atoms with Crippen molar-refractivity contribution in [1.29, 1.82) is 0 Å². The second-order valence-electron chi connectivity index (χ2n) is 5.31. The molecule has 1 amide bonds. The number of fused-ring (bicyclic) bond motifs is 1. The minimum atomic E-state index is -0.0727. The van der Waals surface area contributed by atoms with Crippen molar-refractivity contribution < 1.29 is 4.79 Å². The van der Waals surface area contributed by atoms with Gasteiger partial charge in [0.05, 0.1) is 12.0 Å². The van der Waals surface area contributed by atoms with E-state index in [1.165, 1.54) is 5.56 Å². The van der Waals surface area contributed by atoms with Crippen LogP contribution >= 0.6 is 0 Å². The first-order valence-electron chi connectivity index (χ1n) is 6.89. The van der Waals surface area contributed by atoms with Gasteiger partial charge < -0.3 is 11.1 Å². The predicted molar refractivity (Wildman–Crippen MR) is 80.3 cm³/mol. The number of nitrogens with one attached hydrogen (secondary N) is 1. The number of carbonyl (C=O) groups is 1. The van der Waals surface area contributed by atoms with Gasteiger partial charge in [-0.2, -0.15) is 0 Å². The van der Waals surface area contributed by atoms with Crippen LogP contribution in [0.2, 0.25) is 0 Å². The van der Waals surface area contributed by atoms with E-state index in [1.807, 2.05) is 49.4 Å². The summed E-state index contributed by atoms with van der Waals surface area (Å²) in [5.41, 5.74) is 10.1. The summed E-state index contributed by atoms with van der Waals surface area (Å²) in [7, 11) is 0. The summed E-state index contributed by atoms with van der Waals surface area (Å²) in [6, 6.07) is 15.7. The maximum Gasteiger partial charge on any atom is 0.228 e. The predicted octanol–water partition coefficient (Wildman–Crippen LogP) is 2.79. The molecule has 1 aliphatic carbocycles. The lowest BCUT2D eigenvalue weighted by atomic mass is 9.77. The van der Waals surface area contributed by atoms with E-state index in [0.29, 0.717) is 5.69 Å². The number of hydrogen-bond donors (Lipinski definition) is 2. The van der Waals surface area contributed by atoms with Crippen molar-refractivity contribution in [3.63, 3.8) is 0 Å². The van der Waals surface area contributed by atoms with E-state index in [4.69, 9.17) is 5.73 Å². The third-order valence-corrected chi connectivity index (χ3v) is 3.99. The highest BCUT2D eigenvalue weighted by atomic mass is 16.2. The summed E-state index contributed by atoms with van der Waals surface area (Å²) in [6.45, 7) is 1.97. The van der Waals surface area contributed by atoms with Gasteiger partial charge in [0, 0.05) is 5.69 Å². The third-order valence-electron chi connectivity index (χ3n) is 3.99. The number of nitrogens with two attached hydrogens (primary N) is 1. The first-order valence-corrected chi connectivity index (χ1v) is 6.89. The molecule has 0 spiro atoms. The van der Waals surface area contributed by atoms with Crippen LogP contribution in [0, 0.1) is 0 Å². The Morgan fingerprint density at radius 1 is 1.20 bits per heavy atom. The topological polar surface area (TPSA) is 55.1 Å². The minimum Gasteiger partial charge on any atom is -0.398 e. The van der Waals surface area contributed by atoms with Crippen LogP contribution in [0.3, 0.4) is 0 Å². The molecule has 0 saturated carbocycles. The molecule has 0 bridgehead atoms. The normalized spacial score (nSPS) is 17.8. The number of nitrogen functional groups attached to an aromatic ring is 1. The van der Waals surface area contributed by atoms with Gasteiger partial charge in [-0.1, -0.05) is 42.5 Å². The van der Waals surface area contributed by atoms with Crippen molar-refractivity contribution in [2.24, 2.45) is 0 Å². The van der Waals surface area contributed by atoms with E-state index < -0.39 is 0 Å². The summed E-state index contributed by atoms with van der Waals surface area (Å²) >= 11 is 0. The Morgan fingerprint density at radius 3 is 2.65 bits per heavy atom. The van der Waals surface area contributed by atoms with Gasteiger partial charge in [0.25, 0.3) is 0 Å². The van der Waals surface area contributed by atoms with Crippen molar-refractivity contribution in [2.45, 2.75) is 25.3 Å². The molecule has 3 N–H and O–H groups in total. The quantitative estimate of drug-likeness (QED) is 0.839. The highest BCUT2D eigenvalue weighted by molar-refractivity contribution is 5.87. The molecule has 0 saturated heterocycles. The zero-order chi connectivity index (χ0) is 14.1. The number of hydrogen-bond acceptors (Lipinski definition) is 2. The number of carbonyl (C=O) groups excluding carboxylic acids is 1. The smallest absolute Gasteiger partial charge is 0.228 e. The van der Waals surface area contributed by atoms with Gasteiger partial charge >= 0.3 is 0 Å². The van der Waals surface area contributed by atoms with Crippen LogP contribution in [0.1, 0.15) is 35.6 Å². The lowest BCUT2D eigenvalue weighted by molar-refractivity contribution is -0.123. The summed E-state index contributed by atoms with van der Waals surface area (Å²) in [4.78, 5) is 12.3. The molecule has 0 fully saturated rings. The molecular weight excluding hydrogens is 248 g/mol. The van der Waals surface area contributed by atoms with E-state index in [0.717, 1.165) is 17.5 Å². The molecule has 3 rings (SSSR count). The molecule has 0 radical (unpaired) electrons. The fourth-order valence-corrected chi connectivity index (χ4v) is 2.79. The summed E-state index contributed by atoms with van der Waals surface area (Å²) in [5.74, 6) is 0.0676. The van der Waals surface area contributed by atoms with Gasteiger partial charge in [0.1, 0.15) is 0 Å². The van der Waals surface area contributed by atoms with Crippen molar-refractivity contribution in [3.8, 4) is 0 Å². The average Bonchev–Trinajstić information content (AvgIpc) is 2.40. The Bertz CT molecular complexity index is 651. The maximum atomic E-state index is 12.3. The van der Waals surface area contributed by atoms with E-state index in [9.17, 15) is 4.79 Å². The fraction of sp³-hybridized carbons (Fsp3) is 0.235. The SMILES string of the molecule is CC(NC(=O)C1Cc2ccccc21)c1ccccc1N. The summed E-state index contributed by atoms with van der Waals surface area (Å²) < 4.78 is 0. The monoisotopic (exact) mass is 266 g/mol. The Kier molecular flexibility index (Phi) is 3.18. The van der Waals surface area contributed by atoms with Crippen LogP contribution < -0.4 is 11.1 Å². The van der Waals surface area contributed by atoms with Crippen molar-refractivity contribution >= 4 is 11.6 Å². The second-order valence-corrected chi connectivity index (χ2v) is 5.31. The van der Waals surface area contributed by atoms with Gasteiger partial charge in [-0.25, -0.2) is 0 Å². The molecular formula is C17H18N2O. The van der Waals surface area contributed by atoms with E-state index in [-0.39, 0.29) is 17.9 Å². The van der Waals surface area contributed by atoms with Gasteiger partial charge in [-0.3, -0.25) is 4.79 Å². The molecule has 0 heterocycles. The zero-order valence-corrected chi connectivity index (χ0v) is 11.5. The van der Waals surface area contributed by atoms with Crippen molar-refractivity contribution in [1.82, 2.24) is 5.32 Å². The number of anilines is 1. The van der Waals surface area contributed by atoms with Crippen LogP contribution in [-0.4, -0.2) is 5.91 Å². The summed E-state index contributed by atoms with van der Waals surface area (Å²) in [5, 5.41) is 3.06. The van der Waals surface area contributed by atoms with Crippen LogP contribution in [0.5, 0.6) is 0 Å². The summed E-state index contributed by atoms with van der Waals surface area (Å²) in [6.07, 6.45) is 0.832. The Hall–Kier alpha value is -2.29. The molecule has 1 aliphatic rings. The number of benzene rings is 2. The molecule has 102 valence electrons.